The number of amides is 2. The second-order valence-corrected chi connectivity index (χ2v) is 6.40. The predicted molar refractivity (Wildman–Crippen MR) is 96.3 cm³/mol. The molecule has 2 amide bonds. The second kappa shape index (κ2) is 7.56. The normalized spacial score (nSPS) is 16.7. The van der Waals surface area contributed by atoms with Gasteiger partial charge in [0.2, 0.25) is 11.8 Å². The minimum atomic E-state index is -0.405. The third-order valence-electron chi connectivity index (χ3n) is 4.56. The first-order valence-electron chi connectivity index (χ1n) is 8.42. The molecule has 2 aromatic rings. The highest BCUT2D eigenvalue weighted by Crippen LogP contribution is 2.33. The van der Waals surface area contributed by atoms with E-state index in [1.165, 1.54) is 12.1 Å². The van der Waals surface area contributed by atoms with Crippen LogP contribution in [-0.4, -0.2) is 37.4 Å². The number of benzene rings is 2. The molecule has 1 unspecified atom stereocenters. The first-order valence-corrected chi connectivity index (χ1v) is 8.42. The average Bonchev–Trinajstić information content (AvgIpc) is 3.04. The first-order chi connectivity index (χ1) is 12.5. The number of rotatable bonds is 5. The maximum Gasteiger partial charge on any atom is 0.228 e. The Kier molecular flexibility index (Phi) is 5.21. The van der Waals surface area contributed by atoms with Crippen LogP contribution in [0, 0.1) is 11.7 Å². The van der Waals surface area contributed by atoms with E-state index in [1.54, 1.807) is 42.2 Å². The summed E-state index contributed by atoms with van der Waals surface area (Å²) in [6, 6.07) is 13.3. The molecule has 1 atom stereocenters. The van der Waals surface area contributed by atoms with Gasteiger partial charge in [-0.2, -0.15) is 0 Å². The van der Waals surface area contributed by atoms with Crippen molar-refractivity contribution in [3.8, 4) is 5.75 Å². The molecule has 1 fully saturated rings. The van der Waals surface area contributed by atoms with Crippen LogP contribution >= 0.6 is 0 Å². The fraction of sp³-hybridized carbons (Fsp3) is 0.300. The number of methoxy groups -OCH3 is 1. The zero-order valence-corrected chi connectivity index (χ0v) is 14.8. The van der Waals surface area contributed by atoms with Crippen molar-refractivity contribution in [1.82, 2.24) is 4.90 Å². The van der Waals surface area contributed by atoms with E-state index in [0.717, 1.165) is 5.56 Å². The fourth-order valence-electron chi connectivity index (χ4n) is 3.21. The molecule has 0 aliphatic carbocycles. The second-order valence-electron chi connectivity index (χ2n) is 6.40. The van der Waals surface area contributed by atoms with Gasteiger partial charge in [0, 0.05) is 26.6 Å². The molecule has 1 saturated heterocycles. The summed E-state index contributed by atoms with van der Waals surface area (Å²) in [6.07, 6.45) is 0.171. The lowest BCUT2D eigenvalue weighted by molar-refractivity contribution is -0.135. The topological polar surface area (TPSA) is 49.9 Å². The van der Waals surface area contributed by atoms with E-state index in [4.69, 9.17) is 4.74 Å². The lowest BCUT2D eigenvalue weighted by Gasteiger charge is -2.22. The van der Waals surface area contributed by atoms with E-state index in [1.807, 2.05) is 18.2 Å². The van der Waals surface area contributed by atoms with E-state index < -0.39 is 5.92 Å². The van der Waals surface area contributed by atoms with Crippen LogP contribution in [-0.2, 0) is 16.1 Å². The van der Waals surface area contributed by atoms with Gasteiger partial charge in [0.1, 0.15) is 11.6 Å². The summed E-state index contributed by atoms with van der Waals surface area (Å²) in [7, 11) is 3.25. The molecule has 6 heteroatoms. The number of hydrogen-bond donors (Lipinski definition) is 0. The van der Waals surface area contributed by atoms with Gasteiger partial charge < -0.3 is 14.5 Å². The van der Waals surface area contributed by atoms with Crippen molar-refractivity contribution in [2.75, 3.05) is 25.6 Å². The third kappa shape index (κ3) is 3.69. The summed E-state index contributed by atoms with van der Waals surface area (Å²) in [5.74, 6) is -0.300. The zero-order chi connectivity index (χ0) is 18.7. The van der Waals surface area contributed by atoms with Gasteiger partial charge in [0.05, 0.1) is 18.7 Å². The molecule has 136 valence electrons. The molecular formula is C20H21FN2O3. The van der Waals surface area contributed by atoms with Crippen LogP contribution < -0.4 is 9.64 Å². The molecule has 0 spiro atoms. The standard InChI is InChI=1S/C20H21FN2O3/c1-22(12-14-7-9-16(21)10-8-14)20(25)15-11-19(24)23(13-15)17-5-3-4-6-18(17)26-2/h3-10,15H,11-13H2,1-2H3. The number of carbonyl (C=O) groups is 2. The van der Waals surface area contributed by atoms with Crippen molar-refractivity contribution in [3.63, 3.8) is 0 Å². The smallest absolute Gasteiger partial charge is 0.228 e. The summed E-state index contributed by atoms with van der Waals surface area (Å²) in [5, 5.41) is 0. The molecule has 0 N–H and O–H groups in total. The van der Waals surface area contributed by atoms with Crippen LogP contribution in [0.3, 0.4) is 0 Å². The number of anilines is 1. The number of carbonyl (C=O) groups excluding carboxylic acids is 2. The van der Waals surface area contributed by atoms with Crippen LogP contribution in [0.15, 0.2) is 48.5 Å². The van der Waals surface area contributed by atoms with Crippen molar-refractivity contribution in [2.24, 2.45) is 5.92 Å². The van der Waals surface area contributed by atoms with Crippen LogP contribution in [0.2, 0.25) is 0 Å². The Balaban J connectivity index is 1.69. The molecule has 0 bridgehead atoms. The lowest BCUT2D eigenvalue weighted by atomic mass is 10.1. The van der Waals surface area contributed by atoms with Gasteiger partial charge >= 0.3 is 0 Å². The molecule has 0 radical (unpaired) electrons. The Bertz CT molecular complexity index is 807. The monoisotopic (exact) mass is 356 g/mol. The van der Waals surface area contributed by atoms with Crippen molar-refractivity contribution in [2.45, 2.75) is 13.0 Å². The number of halogens is 1. The molecule has 0 saturated carbocycles. The van der Waals surface area contributed by atoms with Crippen LogP contribution in [0.25, 0.3) is 0 Å². The zero-order valence-electron chi connectivity index (χ0n) is 14.8. The van der Waals surface area contributed by atoms with E-state index in [9.17, 15) is 14.0 Å². The van der Waals surface area contributed by atoms with Crippen molar-refractivity contribution < 1.29 is 18.7 Å². The van der Waals surface area contributed by atoms with E-state index in [2.05, 4.69) is 0 Å². The summed E-state index contributed by atoms with van der Waals surface area (Å²) < 4.78 is 18.3. The van der Waals surface area contributed by atoms with Crippen LogP contribution in [0.5, 0.6) is 5.75 Å². The SMILES string of the molecule is COc1ccccc1N1CC(C(=O)N(C)Cc2ccc(F)cc2)CC1=O. The first kappa shape index (κ1) is 17.9. The van der Waals surface area contributed by atoms with Gasteiger partial charge in [-0.1, -0.05) is 24.3 Å². The number of para-hydroxylation sites is 2. The molecule has 1 heterocycles. The van der Waals surface area contributed by atoms with Crippen molar-refractivity contribution in [3.05, 3.63) is 59.9 Å². The number of nitrogens with zero attached hydrogens (tertiary/aromatic N) is 2. The van der Waals surface area contributed by atoms with E-state index in [0.29, 0.717) is 24.5 Å². The molecule has 5 nitrogen and oxygen atoms in total. The number of hydrogen-bond acceptors (Lipinski definition) is 3. The van der Waals surface area contributed by atoms with Gasteiger partial charge in [-0.25, -0.2) is 4.39 Å². The largest absolute Gasteiger partial charge is 0.495 e. The van der Waals surface area contributed by atoms with Gasteiger partial charge in [-0.05, 0) is 29.8 Å². The summed E-state index contributed by atoms with van der Waals surface area (Å²) in [5.41, 5.74) is 1.52. The van der Waals surface area contributed by atoms with Crippen LogP contribution in [0.4, 0.5) is 10.1 Å². The summed E-state index contributed by atoms with van der Waals surface area (Å²) in [4.78, 5) is 28.4. The van der Waals surface area contributed by atoms with Crippen molar-refractivity contribution >= 4 is 17.5 Å². The quantitative estimate of drug-likeness (QED) is 0.828. The minimum absolute atomic E-state index is 0.0944. The predicted octanol–water partition coefficient (Wildman–Crippen LogP) is 2.85. The Morgan fingerprint density at radius 2 is 1.92 bits per heavy atom. The lowest BCUT2D eigenvalue weighted by Crippen LogP contribution is -2.34. The molecule has 26 heavy (non-hydrogen) atoms. The highest BCUT2D eigenvalue weighted by molar-refractivity contribution is 6.01. The van der Waals surface area contributed by atoms with Gasteiger partial charge in [0.15, 0.2) is 0 Å². The molecular weight excluding hydrogens is 335 g/mol. The summed E-state index contributed by atoms with van der Waals surface area (Å²) >= 11 is 0. The van der Waals surface area contributed by atoms with E-state index >= 15 is 0 Å². The number of ether oxygens (including phenoxy) is 1. The highest BCUT2D eigenvalue weighted by Gasteiger charge is 2.37. The van der Waals surface area contributed by atoms with Crippen molar-refractivity contribution in [1.29, 1.82) is 0 Å². The molecule has 0 aromatic heterocycles. The molecule has 2 aromatic carbocycles. The maximum absolute atomic E-state index is 13.0. The Morgan fingerprint density at radius 3 is 2.62 bits per heavy atom. The highest BCUT2D eigenvalue weighted by atomic mass is 19.1. The fourth-order valence-corrected chi connectivity index (χ4v) is 3.21. The Hall–Kier alpha value is -2.89. The molecule has 1 aliphatic heterocycles. The average molecular weight is 356 g/mol. The van der Waals surface area contributed by atoms with Gasteiger partial charge in [-0.3, -0.25) is 9.59 Å². The molecule has 3 rings (SSSR count). The molecule has 1 aliphatic rings. The van der Waals surface area contributed by atoms with Gasteiger partial charge in [0.25, 0.3) is 0 Å². The third-order valence-corrected chi connectivity index (χ3v) is 4.56. The Morgan fingerprint density at radius 1 is 1.23 bits per heavy atom. The Labute approximate surface area is 152 Å². The minimum Gasteiger partial charge on any atom is -0.495 e. The van der Waals surface area contributed by atoms with E-state index in [-0.39, 0.29) is 24.1 Å². The maximum atomic E-state index is 13.0. The van der Waals surface area contributed by atoms with Crippen LogP contribution in [0.1, 0.15) is 12.0 Å². The van der Waals surface area contributed by atoms with Gasteiger partial charge in [-0.15, -0.1) is 0 Å². The summed E-state index contributed by atoms with van der Waals surface area (Å²) in [6.45, 7) is 0.699.